The molecule has 0 radical (unpaired) electrons. The lowest BCUT2D eigenvalue weighted by Crippen LogP contribution is -2.33. The number of ketones is 1. The van der Waals surface area contributed by atoms with E-state index in [-0.39, 0.29) is 23.5 Å². The molecule has 0 fully saturated rings. The zero-order valence-corrected chi connectivity index (χ0v) is 17.6. The molecule has 3 aromatic rings. The zero-order chi connectivity index (χ0) is 22.4. The van der Waals surface area contributed by atoms with Gasteiger partial charge in [-0.15, -0.1) is 5.10 Å². The van der Waals surface area contributed by atoms with E-state index in [0.29, 0.717) is 41.4 Å². The molecule has 0 saturated heterocycles. The summed E-state index contributed by atoms with van der Waals surface area (Å²) in [6.45, 7) is 0. The summed E-state index contributed by atoms with van der Waals surface area (Å²) in [5, 5.41) is 7.50. The summed E-state index contributed by atoms with van der Waals surface area (Å²) in [7, 11) is 3.16. The van der Waals surface area contributed by atoms with E-state index in [0.717, 1.165) is 11.3 Å². The third kappa shape index (κ3) is 3.26. The number of benzene rings is 2. The van der Waals surface area contributed by atoms with Gasteiger partial charge in [-0.05, 0) is 47.7 Å². The topological polar surface area (TPSA) is 104 Å². The van der Waals surface area contributed by atoms with E-state index in [9.17, 15) is 9.18 Å². The number of rotatable bonds is 4. The van der Waals surface area contributed by atoms with Gasteiger partial charge in [0.15, 0.2) is 17.3 Å². The van der Waals surface area contributed by atoms with Gasteiger partial charge in [0.1, 0.15) is 11.9 Å². The normalized spacial score (nSPS) is 19.8. The van der Waals surface area contributed by atoms with E-state index in [1.54, 1.807) is 31.0 Å². The van der Waals surface area contributed by atoms with Crippen LogP contribution in [0.25, 0.3) is 0 Å². The summed E-state index contributed by atoms with van der Waals surface area (Å²) < 4.78 is 26.3. The van der Waals surface area contributed by atoms with Crippen molar-refractivity contribution in [2.75, 3.05) is 25.3 Å². The number of Topliss-reactive ketones (excluding diaryl/α,β-unsaturated/α-hetero) is 1. The number of ether oxygens (including phenoxy) is 2. The monoisotopic (exact) mass is 435 g/mol. The van der Waals surface area contributed by atoms with E-state index in [2.05, 4.69) is 15.4 Å². The molecule has 32 heavy (non-hydrogen) atoms. The van der Waals surface area contributed by atoms with Gasteiger partial charge in [0, 0.05) is 17.7 Å². The van der Waals surface area contributed by atoms with Crippen molar-refractivity contribution in [2.45, 2.75) is 24.8 Å². The molecule has 1 aromatic heterocycles. The summed E-state index contributed by atoms with van der Waals surface area (Å²) >= 11 is 0. The van der Waals surface area contributed by atoms with E-state index in [1.165, 1.54) is 12.1 Å². The van der Waals surface area contributed by atoms with Gasteiger partial charge in [0.05, 0.1) is 14.2 Å². The van der Waals surface area contributed by atoms with Gasteiger partial charge in [-0.25, -0.2) is 9.07 Å². The standard InChI is InChI=1S/C23H22FN5O3/c1-31-18-7-6-12(11-19(18)32-2)14-9-16-20(17(30)10-14)21(13-4-3-5-15(24)8-13)29-23(26-16)27-22(25)28-29/h3-8,11,14,21H,9-10H2,1-2H3,(H3,25,26,27,28)/t14-,21-/m0/s1. The smallest absolute Gasteiger partial charge is 0.241 e. The Labute approximate surface area is 183 Å². The Hall–Kier alpha value is -3.88. The van der Waals surface area contributed by atoms with Gasteiger partial charge in [-0.2, -0.15) is 4.98 Å². The maximum absolute atomic E-state index is 14.0. The van der Waals surface area contributed by atoms with Gasteiger partial charge >= 0.3 is 0 Å². The first kappa shape index (κ1) is 20.0. The third-order valence-electron chi connectivity index (χ3n) is 5.98. The molecule has 8 nitrogen and oxygen atoms in total. The molecule has 9 heteroatoms. The first-order chi connectivity index (χ1) is 15.5. The van der Waals surface area contributed by atoms with Crippen molar-refractivity contribution >= 4 is 17.7 Å². The van der Waals surface area contributed by atoms with Gasteiger partial charge in [0.25, 0.3) is 0 Å². The minimum absolute atomic E-state index is 0.0347. The van der Waals surface area contributed by atoms with Crippen LogP contribution < -0.4 is 20.5 Å². The predicted octanol–water partition coefficient (Wildman–Crippen LogP) is 3.43. The minimum Gasteiger partial charge on any atom is -0.493 e. The maximum Gasteiger partial charge on any atom is 0.241 e. The Kier molecular flexibility index (Phi) is 4.80. The molecule has 0 unspecified atom stereocenters. The average molecular weight is 435 g/mol. The van der Waals surface area contributed by atoms with E-state index < -0.39 is 6.04 Å². The van der Waals surface area contributed by atoms with Gasteiger partial charge < -0.3 is 20.5 Å². The lowest BCUT2D eigenvalue weighted by molar-refractivity contribution is -0.116. The first-order valence-electron chi connectivity index (χ1n) is 10.2. The molecule has 0 bridgehead atoms. The third-order valence-corrected chi connectivity index (χ3v) is 5.98. The molecular weight excluding hydrogens is 413 g/mol. The number of aromatic nitrogens is 3. The van der Waals surface area contributed by atoms with Gasteiger partial charge in [-0.1, -0.05) is 18.2 Å². The molecule has 2 aliphatic rings. The highest BCUT2D eigenvalue weighted by atomic mass is 19.1. The second-order valence-electron chi connectivity index (χ2n) is 7.86. The molecule has 164 valence electrons. The number of hydrogen-bond acceptors (Lipinski definition) is 7. The minimum atomic E-state index is -0.597. The number of methoxy groups -OCH3 is 2. The molecule has 2 aromatic carbocycles. The van der Waals surface area contributed by atoms with Crippen LogP contribution in [-0.4, -0.2) is 34.8 Å². The fraction of sp³-hybridized carbons (Fsp3) is 0.261. The van der Waals surface area contributed by atoms with Gasteiger partial charge in [0.2, 0.25) is 11.9 Å². The molecule has 0 spiro atoms. The van der Waals surface area contributed by atoms with Crippen LogP contribution in [0.5, 0.6) is 11.5 Å². The van der Waals surface area contributed by atoms with Crippen molar-refractivity contribution in [2.24, 2.45) is 0 Å². The Morgan fingerprint density at radius 3 is 2.66 bits per heavy atom. The largest absolute Gasteiger partial charge is 0.493 e. The number of allylic oxidation sites excluding steroid dienone is 2. The van der Waals surface area contributed by atoms with Crippen LogP contribution >= 0.6 is 0 Å². The summed E-state index contributed by atoms with van der Waals surface area (Å²) in [5.74, 6) is 1.27. The number of fused-ring (bicyclic) bond motifs is 1. The molecule has 2 heterocycles. The SMILES string of the molecule is COc1ccc([C@@H]2CC(=O)C3=C(C2)Nc2nc(N)nn2[C@H]3c2cccc(F)c2)cc1OC. The Bertz CT molecular complexity index is 1250. The predicted molar refractivity (Wildman–Crippen MR) is 116 cm³/mol. The number of hydrogen-bond donors (Lipinski definition) is 2. The second-order valence-corrected chi connectivity index (χ2v) is 7.86. The number of nitrogen functional groups attached to an aromatic ring is 1. The lowest BCUT2D eigenvalue weighted by Gasteiger charge is -2.35. The van der Waals surface area contributed by atoms with E-state index in [1.807, 2.05) is 18.2 Å². The average Bonchev–Trinajstić information content (AvgIpc) is 3.16. The molecule has 1 aliphatic carbocycles. The number of carbonyl (C=O) groups is 1. The summed E-state index contributed by atoms with van der Waals surface area (Å²) in [6, 6.07) is 11.3. The number of carbonyl (C=O) groups excluding carboxylic acids is 1. The molecule has 2 atom stereocenters. The van der Waals surface area contributed by atoms with E-state index in [4.69, 9.17) is 15.2 Å². The number of anilines is 2. The van der Waals surface area contributed by atoms with Crippen LogP contribution in [0.4, 0.5) is 16.3 Å². The maximum atomic E-state index is 14.0. The van der Waals surface area contributed by atoms with Crippen LogP contribution in [0.1, 0.15) is 35.9 Å². The van der Waals surface area contributed by atoms with Crippen molar-refractivity contribution in [3.05, 3.63) is 70.7 Å². The van der Waals surface area contributed by atoms with Crippen LogP contribution in [0.3, 0.4) is 0 Å². The molecule has 3 N–H and O–H groups in total. The van der Waals surface area contributed by atoms with Crippen molar-refractivity contribution in [3.8, 4) is 11.5 Å². The number of halogens is 1. The molecule has 0 saturated carbocycles. The number of nitrogens with one attached hydrogen (secondary N) is 1. The fourth-order valence-electron chi connectivity index (χ4n) is 4.56. The molecule has 1 aliphatic heterocycles. The second kappa shape index (κ2) is 7.67. The zero-order valence-electron chi connectivity index (χ0n) is 17.6. The number of nitrogens with two attached hydrogens (primary N) is 1. The first-order valence-corrected chi connectivity index (χ1v) is 10.2. The van der Waals surface area contributed by atoms with Crippen LogP contribution in [-0.2, 0) is 4.79 Å². The Morgan fingerprint density at radius 2 is 1.91 bits per heavy atom. The molecule has 0 amide bonds. The van der Waals surface area contributed by atoms with Crippen LogP contribution in [0.2, 0.25) is 0 Å². The Balaban J connectivity index is 1.58. The quantitative estimate of drug-likeness (QED) is 0.647. The highest BCUT2D eigenvalue weighted by molar-refractivity contribution is 6.00. The van der Waals surface area contributed by atoms with Gasteiger partial charge in [-0.3, -0.25) is 4.79 Å². The Morgan fingerprint density at radius 1 is 1.09 bits per heavy atom. The molecule has 5 rings (SSSR count). The summed E-state index contributed by atoms with van der Waals surface area (Å²) in [5.41, 5.74) is 8.73. The summed E-state index contributed by atoms with van der Waals surface area (Å²) in [4.78, 5) is 17.7. The van der Waals surface area contributed by atoms with Crippen molar-refractivity contribution < 1.29 is 18.7 Å². The van der Waals surface area contributed by atoms with E-state index >= 15 is 0 Å². The van der Waals surface area contributed by atoms with Crippen molar-refractivity contribution in [1.82, 2.24) is 14.8 Å². The molecular formula is C23H22FN5O3. The van der Waals surface area contributed by atoms with Crippen LogP contribution in [0, 0.1) is 5.82 Å². The summed E-state index contributed by atoms with van der Waals surface area (Å²) in [6.07, 6.45) is 0.885. The fourth-order valence-corrected chi connectivity index (χ4v) is 4.56. The van der Waals surface area contributed by atoms with Crippen LogP contribution in [0.15, 0.2) is 53.7 Å². The highest BCUT2D eigenvalue weighted by Gasteiger charge is 2.40. The van der Waals surface area contributed by atoms with Crippen molar-refractivity contribution in [3.63, 3.8) is 0 Å². The van der Waals surface area contributed by atoms with Crippen molar-refractivity contribution in [1.29, 1.82) is 0 Å². The lowest BCUT2D eigenvalue weighted by atomic mass is 9.78. The number of nitrogens with zero attached hydrogens (tertiary/aromatic N) is 3. The highest BCUT2D eigenvalue weighted by Crippen LogP contribution is 2.45.